The van der Waals surface area contributed by atoms with Crippen LogP contribution in [-0.2, 0) is 14.4 Å². The molecule has 1 aliphatic heterocycles. The zero-order chi connectivity index (χ0) is 21.8. The predicted octanol–water partition coefficient (Wildman–Crippen LogP) is 2.53. The number of thiocarbonyl (C=S) groups is 1. The van der Waals surface area contributed by atoms with Gasteiger partial charge < -0.3 is 15.5 Å². The molecule has 0 unspecified atom stereocenters. The minimum Gasteiger partial charge on any atom is -0.480 e. The van der Waals surface area contributed by atoms with Crippen molar-refractivity contribution in [3.8, 4) is 0 Å². The minimum absolute atomic E-state index is 0.0571. The van der Waals surface area contributed by atoms with Gasteiger partial charge in [0.25, 0.3) is 5.91 Å². The van der Waals surface area contributed by atoms with Crippen LogP contribution in [0.1, 0.15) is 5.69 Å². The van der Waals surface area contributed by atoms with E-state index in [0.29, 0.717) is 17.4 Å². The van der Waals surface area contributed by atoms with Gasteiger partial charge in [-0.15, -0.1) is 11.3 Å². The number of para-hydroxylation sites is 1. The summed E-state index contributed by atoms with van der Waals surface area (Å²) < 4.78 is -0.0630. The Bertz CT molecular complexity index is 1080. The number of urea groups is 1. The lowest BCUT2D eigenvalue weighted by atomic mass is 10.2. The fraction of sp³-hybridized carbons (Fsp3) is 0.0588. The number of anilines is 2. The molecule has 1 aromatic carbocycles. The second kappa shape index (κ2) is 9.02. The number of aliphatic carboxylic acids is 2. The highest BCUT2D eigenvalue weighted by molar-refractivity contribution is 8.26. The summed E-state index contributed by atoms with van der Waals surface area (Å²) in [6.45, 7) is -0.676. The average Bonchev–Trinajstić information content (AvgIpc) is 3.22. The van der Waals surface area contributed by atoms with Crippen molar-refractivity contribution in [2.45, 2.75) is 0 Å². The molecule has 1 saturated heterocycles. The Morgan fingerprint density at radius 2 is 1.83 bits per heavy atom. The number of thiazole rings is 1. The van der Waals surface area contributed by atoms with Gasteiger partial charge in [-0.2, -0.15) is 0 Å². The number of amides is 3. The first-order valence-corrected chi connectivity index (χ1v) is 10.2. The molecule has 0 saturated carbocycles. The van der Waals surface area contributed by atoms with Crippen LogP contribution in [0.5, 0.6) is 0 Å². The smallest absolute Gasteiger partial charge is 0.339 e. The zero-order valence-electron chi connectivity index (χ0n) is 14.8. The number of hydrogen-bond donors (Lipinski definition) is 4. The number of thioether (sulfide) groups is 1. The lowest BCUT2D eigenvalue weighted by Crippen LogP contribution is -2.33. The van der Waals surface area contributed by atoms with Crippen LogP contribution in [0.3, 0.4) is 0 Å². The summed E-state index contributed by atoms with van der Waals surface area (Å²) in [6.07, 6.45) is 0. The molecule has 0 radical (unpaired) electrons. The molecular formula is C17H12N4O6S3. The lowest BCUT2D eigenvalue weighted by molar-refractivity contribution is -0.140. The number of benzene rings is 1. The Labute approximate surface area is 182 Å². The predicted molar refractivity (Wildman–Crippen MR) is 115 cm³/mol. The Morgan fingerprint density at radius 1 is 1.13 bits per heavy atom. The van der Waals surface area contributed by atoms with E-state index >= 15 is 0 Å². The Balaban J connectivity index is 1.82. The molecule has 0 spiro atoms. The molecule has 2 aromatic rings. The molecule has 4 N–H and O–H groups in total. The number of nitrogens with zero attached hydrogens (tertiary/aromatic N) is 2. The van der Waals surface area contributed by atoms with Gasteiger partial charge in [-0.25, -0.2) is 14.6 Å². The summed E-state index contributed by atoms with van der Waals surface area (Å²) in [5.41, 5.74) is 0.0754. The van der Waals surface area contributed by atoms with Gasteiger partial charge in [0.05, 0.1) is 10.6 Å². The fourth-order valence-corrected chi connectivity index (χ4v) is 4.39. The Hall–Kier alpha value is -3.29. The van der Waals surface area contributed by atoms with Crippen LogP contribution in [0.25, 0.3) is 5.57 Å². The standard InChI is InChI=1S/C17H12N4O6S3/c22-10(23)6-21-13(24)12(30-17(21)28)11(14(25)26)9-7-29-16(19-9)20-15(27)18-8-4-2-1-3-5-8/h1-5,7H,6H2,(H,22,23)(H,25,26)(H2,18,19,20,27)/b12-11-. The van der Waals surface area contributed by atoms with Crippen molar-refractivity contribution in [1.82, 2.24) is 9.88 Å². The third kappa shape index (κ3) is 4.82. The number of carbonyl (C=O) groups is 4. The van der Waals surface area contributed by atoms with Crippen LogP contribution in [0.2, 0.25) is 0 Å². The molecule has 154 valence electrons. The molecule has 30 heavy (non-hydrogen) atoms. The van der Waals surface area contributed by atoms with Crippen LogP contribution in [-0.4, -0.2) is 54.8 Å². The van der Waals surface area contributed by atoms with Gasteiger partial charge in [-0.1, -0.05) is 42.2 Å². The monoisotopic (exact) mass is 464 g/mol. The van der Waals surface area contributed by atoms with Gasteiger partial charge in [-0.05, 0) is 12.1 Å². The quantitative estimate of drug-likeness (QED) is 0.374. The normalized spacial score (nSPS) is 15.1. The molecule has 0 bridgehead atoms. The first-order valence-electron chi connectivity index (χ1n) is 8.08. The molecule has 3 rings (SSSR count). The van der Waals surface area contributed by atoms with Gasteiger partial charge >= 0.3 is 18.0 Å². The van der Waals surface area contributed by atoms with E-state index in [1.165, 1.54) is 5.38 Å². The van der Waals surface area contributed by atoms with E-state index in [2.05, 4.69) is 15.6 Å². The molecule has 1 aliphatic rings. The highest BCUT2D eigenvalue weighted by Gasteiger charge is 2.38. The van der Waals surface area contributed by atoms with Crippen LogP contribution in [0, 0.1) is 0 Å². The van der Waals surface area contributed by atoms with Crippen molar-refractivity contribution in [1.29, 1.82) is 0 Å². The summed E-state index contributed by atoms with van der Waals surface area (Å²) in [5, 5.41) is 25.1. The maximum atomic E-state index is 12.5. The van der Waals surface area contributed by atoms with Crippen molar-refractivity contribution in [2.24, 2.45) is 0 Å². The molecular weight excluding hydrogens is 452 g/mol. The van der Waals surface area contributed by atoms with Crippen molar-refractivity contribution < 1.29 is 29.4 Å². The largest absolute Gasteiger partial charge is 0.480 e. The van der Waals surface area contributed by atoms with Crippen LogP contribution < -0.4 is 10.6 Å². The summed E-state index contributed by atoms with van der Waals surface area (Å²) in [7, 11) is 0. The Kier molecular flexibility index (Phi) is 6.44. The maximum absolute atomic E-state index is 12.5. The average molecular weight is 465 g/mol. The summed E-state index contributed by atoms with van der Waals surface area (Å²) in [5.74, 6) is -3.54. The summed E-state index contributed by atoms with van der Waals surface area (Å²) in [6, 6.07) is 8.09. The molecule has 10 nitrogen and oxygen atoms in total. The number of nitrogens with one attached hydrogen (secondary N) is 2. The van der Waals surface area contributed by atoms with Gasteiger partial charge in [0.1, 0.15) is 16.4 Å². The first-order chi connectivity index (χ1) is 14.3. The fourth-order valence-electron chi connectivity index (χ4n) is 2.37. The van der Waals surface area contributed by atoms with E-state index in [1.807, 2.05) is 0 Å². The SMILES string of the molecule is O=C(O)CN1C(=O)/C(=C(/C(=O)O)c2csc(NC(=O)Nc3ccccc3)n2)SC1=S. The van der Waals surface area contributed by atoms with Crippen LogP contribution in [0.4, 0.5) is 15.6 Å². The van der Waals surface area contributed by atoms with Crippen LogP contribution >= 0.6 is 35.3 Å². The molecule has 0 atom stereocenters. The minimum atomic E-state index is -1.43. The number of carbonyl (C=O) groups excluding carboxylic acids is 2. The number of carboxylic acid groups (broad SMARTS) is 2. The Morgan fingerprint density at radius 3 is 2.47 bits per heavy atom. The molecule has 1 fully saturated rings. The molecule has 13 heteroatoms. The van der Waals surface area contributed by atoms with Crippen LogP contribution in [0.15, 0.2) is 40.6 Å². The van der Waals surface area contributed by atoms with E-state index in [9.17, 15) is 24.3 Å². The van der Waals surface area contributed by atoms with Gasteiger partial charge in [0, 0.05) is 11.1 Å². The van der Waals surface area contributed by atoms with E-state index in [-0.39, 0.29) is 20.1 Å². The molecule has 0 aliphatic carbocycles. The number of carboxylic acids is 2. The van der Waals surface area contributed by atoms with Gasteiger partial charge in [0.15, 0.2) is 5.13 Å². The summed E-state index contributed by atoms with van der Waals surface area (Å²) >= 11 is 6.64. The first kappa shape index (κ1) is 21.4. The van der Waals surface area contributed by atoms with E-state index in [4.69, 9.17) is 17.3 Å². The summed E-state index contributed by atoms with van der Waals surface area (Å²) in [4.78, 5) is 51.9. The third-order valence-electron chi connectivity index (χ3n) is 3.60. The van der Waals surface area contributed by atoms with Crippen molar-refractivity contribution in [3.63, 3.8) is 0 Å². The van der Waals surface area contributed by atoms with Crippen molar-refractivity contribution in [3.05, 3.63) is 46.3 Å². The van der Waals surface area contributed by atoms with E-state index in [1.54, 1.807) is 30.3 Å². The van der Waals surface area contributed by atoms with Gasteiger partial charge in [0.2, 0.25) is 0 Å². The lowest BCUT2D eigenvalue weighted by Gasteiger charge is -2.10. The topological polar surface area (TPSA) is 149 Å². The molecule has 3 amide bonds. The number of hydrogen-bond acceptors (Lipinski definition) is 8. The highest BCUT2D eigenvalue weighted by Crippen LogP contribution is 2.37. The van der Waals surface area contributed by atoms with Gasteiger partial charge in [-0.3, -0.25) is 19.8 Å². The third-order valence-corrected chi connectivity index (χ3v) is 5.80. The second-order valence-electron chi connectivity index (χ2n) is 5.65. The number of aromatic nitrogens is 1. The second-order valence-corrected chi connectivity index (χ2v) is 8.15. The molecule has 2 heterocycles. The van der Waals surface area contributed by atoms with E-state index in [0.717, 1.165) is 16.2 Å². The molecule has 1 aromatic heterocycles. The van der Waals surface area contributed by atoms with Crippen molar-refractivity contribution >= 4 is 79.9 Å². The zero-order valence-corrected chi connectivity index (χ0v) is 17.3. The highest BCUT2D eigenvalue weighted by atomic mass is 32.2. The van der Waals surface area contributed by atoms with Crippen molar-refractivity contribution in [2.75, 3.05) is 17.2 Å². The number of rotatable bonds is 6. The van der Waals surface area contributed by atoms with E-state index < -0.39 is 36.0 Å². The maximum Gasteiger partial charge on any atom is 0.339 e.